The van der Waals surface area contributed by atoms with Gasteiger partial charge in [-0.2, -0.15) is 0 Å². The minimum atomic E-state index is -0.690. The van der Waals surface area contributed by atoms with Crippen LogP contribution in [0.3, 0.4) is 0 Å². The fraction of sp³-hybridized carbons (Fsp3) is 0.133. The number of rotatable bonds is 4. The van der Waals surface area contributed by atoms with E-state index in [4.69, 9.17) is 10.7 Å². The highest BCUT2D eigenvalue weighted by Crippen LogP contribution is 2.22. The number of carbonyl (C=O) groups excluding carboxylic acids is 1. The molecule has 2 aromatic carbocycles. The summed E-state index contributed by atoms with van der Waals surface area (Å²) in [6, 6.07) is 15.5. The van der Waals surface area contributed by atoms with Gasteiger partial charge in [-0.25, -0.2) is 19.5 Å². The highest BCUT2D eigenvalue weighted by Gasteiger charge is 2.24. The Morgan fingerprint density at radius 1 is 1.05 bits per heavy atom. The average molecular weight is 544 g/mol. The molecule has 1 amide bonds. The van der Waals surface area contributed by atoms with Crippen molar-refractivity contribution in [3.8, 4) is 17.5 Å². The molecule has 4 heterocycles. The van der Waals surface area contributed by atoms with Crippen LogP contribution in [0.4, 0.5) is 5.82 Å². The number of carbonyl (C=O) groups is 1. The van der Waals surface area contributed by atoms with Crippen molar-refractivity contribution < 1.29 is 4.79 Å². The number of aryl methyl sites for hydroxylation is 1. The number of amides is 1. The minimum Gasteiger partial charge on any atom is -0.381 e. The molecule has 0 unspecified atom stereocenters. The summed E-state index contributed by atoms with van der Waals surface area (Å²) in [6.45, 7) is 3.65. The number of para-hydroxylation sites is 1. The van der Waals surface area contributed by atoms with Crippen LogP contribution in [0.25, 0.3) is 22.2 Å². The van der Waals surface area contributed by atoms with Gasteiger partial charge < -0.3 is 15.6 Å². The normalized spacial score (nSPS) is 11.8. The first-order valence-corrected chi connectivity index (χ1v) is 12.8. The molecule has 0 spiro atoms. The van der Waals surface area contributed by atoms with Crippen LogP contribution in [0.15, 0.2) is 78.0 Å². The number of hydrogen-bond donors (Lipinski definition) is 2. The van der Waals surface area contributed by atoms with E-state index in [0.29, 0.717) is 33.6 Å². The number of hydrogen-bond acceptors (Lipinski definition) is 7. The lowest BCUT2D eigenvalue weighted by Gasteiger charge is -2.20. The Kier molecular flexibility index (Phi) is 6.28. The lowest BCUT2D eigenvalue weighted by Crippen LogP contribution is -2.33. The maximum Gasteiger partial charge on any atom is 0.267 e. The number of nitrogens with one attached hydrogen (secondary N) is 1. The zero-order valence-electron chi connectivity index (χ0n) is 22.5. The predicted octanol–water partition coefficient (Wildman–Crippen LogP) is 2.94. The topological polar surface area (TPSA) is 138 Å². The molecule has 0 radical (unpaired) electrons. The van der Waals surface area contributed by atoms with Gasteiger partial charge in [0.1, 0.15) is 22.9 Å². The lowest BCUT2D eigenvalue weighted by atomic mass is 10.1. The predicted molar refractivity (Wildman–Crippen MR) is 155 cm³/mol. The standard InChI is InChI=1S/C30H25N9O2/c1-18(34-29(40)25-26(31)36-38-16-8-15-32-28(25)38)27-35-23-12-7-9-20(13-14-22-17-33-19(2)37(22)3)24(23)30(41)39(27)21-10-5-4-6-11-21/h4-12,15-18H,1-3H3,(H2,31,36)(H,34,40)/t18-/m0/s1. The Morgan fingerprint density at radius 2 is 1.85 bits per heavy atom. The van der Waals surface area contributed by atoms with Crippen LogP contribution in [-0.4, -0.2) is 39.6 Å². The zero-order chi connectivity index (χ0) is 28.7. The van der Waals surface area contributed by atoms with Crippen molar-refractivity contribution in [2.24, 2.45) is 7.05 Å². The summed E-state index contributed by atoms with van der Waals surface area (Å²) in [4.78, 5) is 41.0. The van der Waals surface area contributed by atoms with Crippen LogP contribution in [0.2, 0.25) is 0 Å². The van der Waals surface area contributed by atoms with Crippen molar-refractivity contribution >= 4 is 28.3 Å². The summed E-state index contributed by atoms with van der Waals surface area (Å²) >= 11 is 0. The van der Waals surface area contributed by atoms with Crippen LogP contribution in [0.1, 0.15) is 46.2 Å². The van der Waals surface area contributed by atoms with E-state index >= 15 is 0 Å². The largest absolute Gasteiger partial charge is 0.381 e. The Bertz CT molecular complexity index is 2080. The van der Waals surface area contributed by atoms with E-state index in [0.717, 1.165) is 11.5 Å². The van der Waals surface area contributed by atoms with Gasteiger partial charge in [0.2, 0.25) is 0 Å². The third-order valence-corrected chi connectivity index (χ3v) is 6.87. The first-order valence-electron chi connectivity index (χ1n) is 12.8. The monoisotopic (exact) mass is 543 g/mol. The summed E-state index contributed by atoms with van der Waals surface area (Å²) < 4.78 is 4.83. The van der Waals surface area contributed by atoms with E-state index in [1.165, 1.54) is 9.08 Å². The second-order valence-electron chi connectivity index (χ2n) is 9.49. The van der Waals surface area contributed by atoms with E-state index in [1.807, 2.05) is 48.9 Å². The SMILES string of the molecule is Cc1ncc(C#Cc2cccc3nc([C@H](C)NC(=O)c4c(N)nn5cccnc45)n(-c4ccccc4)c(=O)c23)n1C. The first kappa shape index (κ1) is 25.5. The third-order valence-electron chi connectivity index (χ3n) is 6.87. The van der Waals surface area contributed by atoms with Gasteiger partial charge in [-0.3, -0.25) is 14.2 Å². The van der Waals surface area contributed by atoms with Crippen molar-refractivity contribution in [1.29, 1.82) is 0 Å². The quantitative estimate of drug-likeness (QED) is 0.326. The van der Waals surface area contributed by atoms with Crippen LogP contribution in [0, 0.1) is 18.8 Å². The summed E-state index contributed by atoms with van der Waals surface area (Å²) in [5.41, 5.74) is 8.56. The van der Waals surface area contributed by atoms with Crippen molar-refractivity contribution in [2.75, 3.05) is 5.73 Å². The van der Waals surface area contributed by atoms with Gasteiger partial charge in [0.25, 0.3) is 11.5 Å². The van der Waals surface area contributed by atoms with Gasteiger partial charge >= 0.3 is 0 Å². The smallest absolute Gasteiger partial charge is 0.267 e. The molecule has 0 saturated carbocycles. The number of anilines is 1. The number of nitrogen functional groups attached to an aromatic ring is 1. The maximum absolute atomic E-state index is 14.2. The Morgan fingerprint density at radius 3 is 2.61 bits per heavy atom. The van der Waals surface area contributed by atoms with Gasteiger partial charge in [0.05, 0.1) is 28.8 Å². The molecule has 41 heavy (non-hydrogen) atoms. The number of benzene rings is 2. The molecule has 11 nitrogen and oxygen atoms in total. The van der Waals surface area contributed by atoms with Crippen molar-refractivity contribution in [2.45, 2.75) is 19.9 Å². The average Bonchev–Trinajstić information content (AvgIpc) is 3.49. The molecule has 0 fully saturated rings. The summed E-state index contributed by atoms with van der Waals surface area (Å²) in [5.74, 6) is 7.00. The minimum absolute atomic E-state index is 0.0483. The zero-order valence-corrected chi connectivity index (χ0v) is 22.5. The first-order chi connectivity index (χ1) is 19.8. The Labute approximate surface area is 234 Å². The molecule has 3 N–H and O–H groups in total. The highest BCUT2D eigenvalue weighted by molar-refractivity contribution is 6.04. The molecule has 6 aromatic rings. The summed E-state index contributed by atoms with van der Waals surface area (Å²) in [7, 11) is 1.89. The van der Waals surface area contributed by atoms with Crippen LogP contribution in [0.5, 0.6) is 0 Å². The Balaban J connectivity index is 1.48. The van der Waals surface area contributed by atoms with Gasteiger partial charge in [-0.05, 0) is 50.1 Å². The van der Waals surface area contributed by atoms with Crippen molar-refractivity contribution in [3.05, 3.63) is 112 Å². The van der Waals surface area contributed by atoms with E-state index < -0.39 is 11.9 Å². The number of nitrogens with two attached hydrogens (primary N) is 1. The molecule has 11 heteroatoms. The van der Waals surface area contributed by atoms with E-state index in [1.54, 1.807) is 49.8 Å². The second kappa shape index (κ2) is 10.1. The van der Waals surface area contributed by atoms with Crippen LogP contribution in [-0.2, 0) is 7.05 Å². The van der Waals surface area contributed by atoms with E-state index in [2.05, 4.69) is 32.2 Å². The molecule has 4 aromatic heterocycles. The number of nitrogens with zero attached hydrogens (tertiary/aromatic N) is 7. The number of aromatic nitrogens is 7. The highest BCUT2D eigenvalue weighted by atomic mass is 16.2. The molecule has 6 rings (SSSR count). The maximum atomic E-state index is 14.2. The van der Waals surface area contributed by atoms with Crippen LogP contribution >= 0.6 is 0 Å². The third kappa shape index (κ3) is 4.47. The molecule has 0 aliphatic rings. The van der Waals surface area contributed by atoms with Gasteiger partial charge in [0, 0.05) is 25.0 Å². The summed E-state index contributed by atoms with van der Waals surface area (Å²) in [6.07, 6.45) is 4.92. The molecular formula is C30H25N9O2. The molecule has 1 atom stereocenters. The number of fused-ring (bicyclic) bond motifs is 2. The van der Waals surface area contributed by atoms with Gasteiger partial charge in [-0.1, -0.05) is 30.2 Å². The molecule has 202 valence electrons. The van der Waals surface area contributed by atoms with Gasteiger partial charge in [-0.15, -0.1) is 5.10 Å². The van der Waals surface area contributed by atoms with Crippen molar-refractivity contribution in [1.82, 2.24) is 39.0 Å². The fourth-order valence-electron chi connectivity index (χ4n) is 4.67. The van der Waals surface area contributed by atoms with Crippen molar-refractivity contribution in [3.63, 3.8) is 0 Å². The molecule has 0 aliphatic heterocycles. The molecule has 0 bridgehead atoms. The molecule has 0 aliphatic carbocycles. The van der Waals surface area contributed by atoms with Crippen LogP contribution < -0.4 is 16.6 Å². The fourth-order valence-corrected chi connectivity index (χ4v) is 4.67. The Hall–Kier alpha value is -5.76. The summed E-state index contributed by atoms with van der Waals surface area (Å²) in [5, 5.41) is 7.48. The second-order valence-corrected chi connectivity index (χ2v) is 9.49. The molecule has 0 saturated heterocycles. The van der Waals surface area contributed by atoms with E-state index in [-0.39, 0.29) is 16.9 Å². The van der Waals surface area contributed by atoms with Gasteiger partial charge in [0.15, 0.2) is 11.5 Å². The molecular weight excluding hydrogens is 518 g/mol. The number of imidazole rings is 1. The van der Waals surface area contributed by atoms with E-state index in [9.17, 15) is 9.59 Å². The lowest BCUT2D eigenvalue weighted by molar-refractivity contribution is 0.0940.